The summed E-state index contributed by atoms with van der Waals surface area (Å²) in [5.41, 5.74) is 0. The predicted molar refractivity (Wildman–Crippen MR) is 66.7 cm³/mol. The fourth-order valence-electron chi connectivity index (χ4n) is 2.44. The third-order valence-corrected chi connectivity index (χ3v) is 3.46. The van der Waals surface area contributed by atoms with Crippen LogP contribution >= 0.6 is 0 Å². The minimum atomic E-state index is -4.20. The number of aromatic nitrogens is 1. The normalized spacial score (nSPS) is 22.9. The SMILES string of the molecule is Cc1cc(OCC(=O)N[C@@H]2CCC[C@H](C(F)(F)F)C2)no1. The molecule has 1 amide bonds. The smallest absolute Gasteiger partial charge is 0.391 e. The summed E-state index contributed by atoms with van der Waals surface area (Å²) in [4.78, 5) is 11.7. The quantitative estimate of drug-likeness (QED) is 0.928. The molecule has 0 saturated heterocycles. The molecule has 1 aliphatic rings. The van der Waals surface area contributed by atoms with E-state index in [9.17, 15) is 18.0 Å². The number of aryl methyl sites for hydroxylation is 1. The standard InChI is InChI=1S/C13H17F3N2O3/c1-8-5-12(18-21-8)20-7-11(19)17-10-4-2-3-9(6-10)13(14,15)16/h5,9-10H,2-4,6-7H2,1H3,(H,17,19)/t9-,10+/m0/s1. The summed E-state index contributed by atoms with van der Waals surface area (Å²) in [6.45, 7) is 1.39. The Morgan fingerprint density at radius 3 is 2.90 bits per heavy atom. The fourth-order valence-corrected chi connectivity index (χ4v) is 2.44. The van der Waals surface area contributed by atoms with Crippen molar-refractivity contribution < 1.29 is 27.2 Å². The number of nitrogens with one attached hydrogen (secondary N) is 1. The predicted octanol–water partition coefficient (Wildman–Crippen LogP) is 2.60. The molecule has 1 aromatic heterocycles. The zero-order valence-corrected chi connectivity index (χ0v) is 11.6. The molecule has 5 nitrogen and oxygen atoms in total. The molecule has 21 heavy (non-hydrogen) atoms. The second-order valence-corrected chi connectivity index (χ2v) is 5.23. The number of carbonyl (C=O) groups is 1. The molecule has 0 aliphatic heterocycles. The van der Waals surface area contributed by atoms with Crippen LogP contribution in [-0.4, -0.2) is 29.9 Å². The van der Waals surface area contributed by atoms with Crippen LogP contribution in [0.5, 0.6) is 5.88 Å². The van der Waals surface area contributed by atoms with Crippen LogP contribution in [0.2, 0.25) is 0 Å². The lowest BCUT2D eigenvalue weighted by Crippen LogP contribution is -2.43. The van der Waals surface area contributed by atoms with E-state index in [1.807, 2.05) is 0 Å². The second kappa shape index (κ2) is 6.36. The van der Waals surface area contributed by atoms with Gasteiger partial charge in [0.2, 0.25) is 0 Å². The highest BCUT2D eigenvalue weighted by Gasteiger charge is 2.42. The van der Waals surface area contributed by atoms with Gasteiger partial charge in [-0.3, -0.25) is 4.79 Å². The molecule has 8 heteroatoms. The van der Waals surface area contributed by atoms with Gasteiger partial charge in [-0.25, -0.2) is 0 Å². The number of alkyl halides is 3. The van der Waals surface area contributed by atoms with Gasteiger partial charge in [0.05, 0.1) is 5.92 Å². The maximum Gasteiger partial charge on any atom is 0.391 e. The Bertz CT molecular complexity index is 487. The molecular formula is C13H17F3N2O3. The molecular weight excluding hydrogens is 289 g/mol. The van der Waals surface area contributed by atoms with Gasteiger partial charge in [0.1, 0.15) is 5.76 Å². The third-order valence-electron chi connectivity index (χ3n) is 3.46. The highest BCUT2D eigenvalue weighted by atomic mass is 19.4. The van der Waals surface area contributed by atoms with Crippen molar-refractivity contribution in [2.75, 3.05) is 6.61 Å². The van der Waals surface area contributed by atoms with Gasteiger partial charge in [-0.1, -0.05) is 6.42 Å². The first-order chi connectivity index (χ1) is 9.84. The lowest BCUT2D eigenvalue weighted by molar-refractivity contribution is -0.184. The Hall–Kier alpha value is -1.73. The summed E-state index contributed by atoms with van der Waals surface area (Å²) in [6, 6.07) is 1.06. The van der Waals surface area contributed by atoms with E-state index in [0.717, 1.165) is 0 Å². The van der Waals surface area contributed by atoms with Crippen molar-refractivity contribution in [3.8, 4) is 5.88 Å². The number of halogens is 3. The lowest BCUT2D eigenvalue weighted by atomic mass is 9.85. The van der Waals surface area contributed by atoms with Gasteiger partial charge in [0.15, 0.2) is 6.61 Å². The van der Waals surface area contributed by atoms with Gasteiger partial charge >= 0.3 is 6.18 Å². The van der Waals surface area contributed by atoms with Crippen molar-refractivity contribution in [3.63, 3.8) is 0 Å². The number of nitrogens with zero attached hydrogens (tertiary/aromatic N) is 1. The summed E-state index contributed by atoms with van der Waals surface area (Å²) in [6.07, 6.45) is -3.12. The third kappa shape index (κ3) is 4.64. The Morgan fingerprint density at radius 1 is 1.52 bits per heavy atom. The number of hydrogen-bond donors (Lipinski definition) is 1. The van der Waals surface area contributed by atoms with Crippen molar-refractivity contribution in [1.82, 2.24) is 10.5 Å². The Kier molecular flexibility index (Phi) is 4.74. The molecule has 0 unspecified atom stereocenters. The molecule has 1 heterocycles. The van der Waals surface area contributed by atoms with Gasteiger partial charge in [-0.15, -0.1) is 0 Å². The topological polar surface area (TPSA) is 64.4 Å². The lowest BCUT2D eigenvalue weighted by Gasteiger charge is -2.30. The van der Waals surface area contributed by atoms with Crippen LogP contribution in [0, 0.1) is 12.8 Å². The van der Waals surface area contributed by atoms with Crippen LogP contribution in [0.15, 0.2) is 10.6 Å². The van der Waals surface area contributed by atoms with Gasteiger partial charge in [-0.2, -0.15) is 13.2 Å². The van der Waals surface area contributed by atoms with Gasteiger partial charge in [0.25, 0.3) is 11.8 Å². The minimum absolute atomic E-state index is 0.0711. The molecule has 2 atom stereocenters. The van der Waals surface area contributed by atoms with Crippen molar-refractivity contribution in [3.05, 3.63) is 11.8 Å². The van der Waals surface area contributed by atoms with E-state index >= 15 is 0 Å². The number of hydrogen-bond acceptors (Lipinski definition) is 4. The van der Waals surface area contributed by atoms with E-state index < -0.39 is 24.0 Å². The van der Waals surface area contributed by atoms with Crippen LogP contribution in [0.25, 0.3) is 0 Å². The Labute approximate surface area is 119 Å². The van der Waals surface area contributed by atoms with Crippen molar-refractivity contribution in [2.24, 2.45) is 5.92 Å². The molecule has 1 N–H and O–H groups in total. The molecule has 1 aromatic rings. The largest absolute Gasteiger partial charge is 0.465 e. The molecule has 0 bridgehead atoms. The zero-order chi connectivity index (χ0) is 15.5. The molecule has 1 saturated carbocycles. The zero-order valence-electron chi connectivity index (χ0n) is 11.6. The molecule has 1 aliphatic carbocycles. The number of rotatable bonds is 4. The van der Waals surface area contributed by atoms with Gasteiger partial charge in [0, 0.05) is 12.1 Å². The van der Waals surface area contributed by atoms with E-state index in [4.69, 9.17) is 9.26 Å². The average molecular weight is 306 g/mol. The van der Waals surface area contributed by atoms with E-state index in [0.29, 0.717) is 18.6 Å². The van der Waals surface area contributed by atoms with Crippen LogP contribution in [0.4, 0.5) is 13.2 Å². The molecule has 0 aromatic carbocycles. The molecule has 1 fully saturated rings. The fraction of sp³-hybridized carbons (Fsp3) is 0.692. The minimum Gasteiger partial charge on any atom is -0.465 e. The van der Waals surface area contributed by atoms with Crippen molar-refractivity contribution in [1.29, 1.82) is 0 Å². The highest BCUT2D eigenvalue weighted by molar-refractivity contribution is 5.77. The molecule has 0 spiro atoms. The van der Waals surface area contributed by atoms with E-state index in [2.05, 4.69) is 10.5 Å². The van der Waals surface area contributed by atoms with Crippen molar-refractivity contribution >= 4 is 5.91 Å². The summed E-state index contributed by atoms with van der Waals surface area (Å²) in [5.74, 6) is -1.07. The summed E-state index contributed by atoms with van der Waals surface area (Å²) >= 11 is 0. The number of ether oxygens (including phenoxy) is 1. The van der Waals surface area contributed by atoms with Crippen LogP contribution in [0.3, 0.4) is 0 Å². The maximum absolute atomic E-state index is 12.7. The van der Waals surface area contributed by atoms with E-state index in [1.165, 1.54) is 6.07 Å². The first-order valence-electron chi connectivity index (χ1n) is 6.77. The van der Waals surface area contributed by atoms with Crippen LogP contribution in [0.1, 0.15) is 31.4 Å². The summed E-state index contributed by atoms with van der Waals surface area (Å²) in [5, 5.41) is 6.13. The van der Waals surface area contributed by atoms with Crippen molar-refractivity contribution in [2.45, 2.75) is 44.8 Å². The first-order valence-corrected chi connectivity index (χ1v) is 6.77. The van der Waals surface area contributed by atoms with Crippen LogP contribution < -0.4 is 10.1 Å². The maximum atomic E-state index is 12.7. The molecule has 2 rings (SSSR count). The summed E-state index contributed by atoms with van der Waals surface area (Å²) < 4.78 is 47.9. The average Bonchev–Trinajstić information content (AvgIpc) is 2.82. The van der Waals surface area contributed by atoms with E-state index in [1.54, 1.807) is 6.92 Å². The van der Waals surface area contributed by atoms with E-state index in [-0.39, 0.29) is 25.3 Å². The molecule has 0 radical (unpaired) electrons. The first kappa shape index (κ1) is 15.7. The Morgan fingerprint density at radius 2 is 2.29 bits per heavy atom. The van der Waals surface area contributed by atoms with Gasteiger partial charge < -0.3 is 14.6 Å². The Balaban J connectivity index is 1.77. The van der Waals surface area contributed by atoms with Gasteiger partial charge in [-0.05, 0) is 31.3 Å². The number of carbonyl (C=O) groups excluding carboxylic acids is 1. The number of amides is 1. The molecule has 118 valence electrons. The second-order valence-electron chi connectivity index (χ2n) is 5.23. The highest BCUT2D eigenvalue weighted by Crippen LogP contribution is 2.37. The monoisotopic (exact) mass is 306 g/mol. The summed E-state index contributed by atoms with van der Waals surface area (Å²) in [7, 11) is 0. The van der Waals surface area contributed by atoms with Crippen LogP contribution in [-0.2, 0) is 4.79 Å².